The van der Waals surface area contributed by atoms with Gasteiger partial charge >= 0.3 is 6.16 Å². The van der Waals surface area contributed by atoms with Crippen molar-refractivity contribution in [3.05, 3.63) is 29.8 Å². The smallest absolute Gasteiger partial charge is 0.428 e. The Morgan fingerprint density at radius 2 is 1.67 bits per heavy atom. The first-order valence-electron chi connectivity index (χ1n) is 6.09. The zero-order valence-electron chi connectivity index (χ0n) is 12.0. The van der Waals surface area contributed by atoms with E-state index in [1.165, 1.54) is 0 Å². The fourth-order valence-electron chi connectivity index (χ4n) is 1.39. The molecule has 0 aliphatic carbocycles. The molecule has 0 unspecified atom stereocenters. The van der Waals surface area contributed by atoms with E-state index in [0.717, 1.165) is 5.56 Å². The van der Waals surface area contributed by atoms with Crippen molar-refractivity contribution in [3.8, 4) is 5.75 Å². The number of ether oxygens (including phenoxy) is 2. The third kappa shape index (κ3) is 4.78. The van der Waals surface area contributed by atoms with Crippen LogP contribution in [0.1, 0.15) is 47.1 Å². The summed E-state index contributed by atoms with van der Waals surface area (Å²) in [5.41, 5.74) is 0.593. The Morgan fingerprint density at radius 1 is 1.06 bits per heavy atom. The Balaban J connectivity index is 2.77. The van der Waals surface area contributed by atoms with Crippen LogP contribution in [0.25, 0.3) is 0 Å². The fourth-order valence-corrected chi connectivity index (χ4v) is 1.39. The lowest BCUT2D eigenvalue weighted by Crippen LogP contribution is -2.26. The highest BCUT2D eigenvalue weighted by molar-refractivity contribution is 5.64. The van der Waals surface area contributed by atoms with Crippen molar-refractivity contribution in [1.29, 1.82) is 0 Å². The second-order valence-electron chi connectivity index (χ2n) is 6.34. The van der Waals surface area contributed by atoms with Crippen molar-refractivity contribution in [3.63, 3.8) is 0 Å². The summed E-state index contributed by atoms with van der Waals surface area (Å²) in [6.45, 7) is 11.7. The Hall–Kier alpha value is -1.51. The predicted octanol–water partition coefficient (Wildman–Crippen LogP) is 4.30. The number of hydrogen-bond acceptors (Lipinski definition) is 3. The molecule has 0 aromatic heterocycles. The number of carbonyl (C=O) groups excluding carboxylic acids is 1. The summed E-state index contributed by atoms with van der Waals surface area (Å²) in [6.07, 6.45) is -0.673. The standard InChI is InChI=1S/C15H22O3/c1-14(2,3)11-8-7-9-12(10-11)17-13(16)18-15(4,5)6/h7-10H,1-6H3. The van der Waals surface area contributed by atoms with Crippen LogP contribution >= 0.6 is 0 Å². The van der Waals surface area contributed by atoms with Gasteiger partial charge in [-0.25, -0.2) is 4.79 Å². The van der Waals surface area contributed by atoms with Crippen LogP contribution in [-0.2, 0) is 10.2 Å². The van der Waals surface area contributed by atoms with Crippen LogP contribution in [0.2, 0.25) is 0 Å². The van der Waals surface area contributed by atoms with E-state index < -0.39 is 11.8 Å². The van der Waals surface area contributed by atoms with Crippen LogP contribution in [0.5, 0.6) is 5.75 Å². The number of carbonyl (C=O) groups is 1. The van der Waals surface area contributed by atoms with E-state index in [9.17, 15) is 4.79 Å². The first kappa shape index (κ1) is 14.6. The maximum atomic E-state index is 11.5. The van der Waals surface area contributed by atoms with Gasteiger partial charge in [0.2, 0.25) is 0 Å². The first-order valence-corrected chi connectivity index (χ1v) is 6.09. The van der Waals surface area contributed by atoms with Gasteiger partial charge in [-0.2, -0.15) is 0 Å². The van der Waals surface area contributed by atoms with Crippen molar-refractivity contribution in [2.45, 2.75) is 52.6 Å². The zero-order valence-corrected chi connectivity index (χ0v) is 12.0. The highest BCUT2D eigenvalue weighted by Gasteiger charge is 2.19. The molecule has 3 nitrogen and oxygen atoms in total. The van der Waals surface area contributed by atoms with E-state index in [4.69, 9.17) is 9.47 Å². The van der Waals surface area contributed by atoms with Gasteiger partial charge in [-0.05, 0) is 43.9 Å². The molecule has 0 heterocycles. The molecule has 18 heavy (non-hydrogen) atoms. The van der Waals surface area contributed by atoms with Crippen molar-refractivity contribution < 1.29 is 14.3 Å². The zero-order chi connectivity index (χ0) is 14.0. The van der Waals surface area contributed by atoms with Gasteiger partial charge in [0.05, 0.1) is 0 Å². The fraction of sp³-hybridized carbons (Fsp3) is 0.533. The van der Waals surface area contributed by atoms with Crippen LogP contribution in [0, 0.1) is 0 Å². The van der Waals surface area contributed by atoms with Gasteiger partial charge in [-0.1, -0.05) is 32.9 Å². The summed E-state index contributed by atoms with van der Waals surface area (Å²) in [5, 5.41) is 0. The summed E-state index contributed by atoms with van der Waals surface area (Å²) in [4.78, 5) is 11.5. The molecule has 1 aromatic rings. The lowest BCUT2D eigenvalue weighted by molar-refractivity contribution is 0.0206. The van der Waals surface area contributed by atoms with Crippen LogP contribution < -0.4 is 4.74 Å². The van der Waals surface area contributed by atoms with Crippen LogP contribution in [0.15, 0.2) is 24.3 Å². The van der Waals surface area contributed by atoms with Crippen LogP contribution in [0.4, 0.5) is 4.79 Å². The highest BCUT2D eigenvalue weighted by atomic mass is 16.7. The van der Waals surface area contributed by atoms with E-state index in [-0.39, 0.29) is 5.41 Å². The van der Waals surface area contributed by atoms with Gasteiger partial charge in [0, 0.05) is 0 Å². The van der Waals surface area contributed by atoms with Crippen molar-refractivity contribution >= 4 is 6.16 Å². The average Bonchev–Trinajstić information content (AvgIpc) is 2.13. The lowest BCUT2D eigenvalue weighted by atomic mass is 9.87. The predicted molar refractivity (Wildman–Crippen MR) is 72.0 cm³/mol. The molecule has 0 amide bonds. The van der Waals surface area contributed by atoms with Crippen molar-refractivity contribution in [2.24, 2.45) is 0 Å². The molecule has 0 aliphatic rings. The SMILES string of the molecule is CC(C)(C)OC(=O)Oc1cccc(C(C)(C)C)c1. The quantitative estimate of drug-likeness (QED) is 0.550. The summed E-state index contributed by atoms with van der Waals surface area (Å²) in [5.74, 6) is 0.511. The maximum Gasteiger partial charge on any atom is 0.514 e. The van der Waals surface area contributed by atoms with E-state index in [1.807, 2.05) is 18.2 Å². The van der Waals surface area contributed by atoms with Gasteiger partial charge in [-0.3, -0.25) is 0 Å². The molecule has 0 N–H and O–H groups in total. The molecule has 0 saturated carbocycles. The minimum Gasteiger partial charge on any atom is -0.428 e. The molecule has 0 aliphatic heterocycles. The second-order valence-corrected chi connectivity index (χ2v) is 6.34. The third-order valence-electron chi connectivity index (χ3n) is 2.29. The molecular weight excluding hydrogens is 228 g/mol. The van der Waals surface area contributed by atoms with Crippen LogP contribution in [0.3, 0.4) is 0 Å². The van der Waals surface area contributed by atoms with Crippen LogP contribution in [-0.4, -0.2) is 11.8 Å². The van der Waals surface area contributed by atoms with Gasteiger partial charge in [-0.15, -0.1) is 0 Å². The molecule has 0 saturated heterocycles. The average molecular weight is 250 g/mol. The summed E-state index contributed by atoms with van der Waals surface area (Å²) < 4.78 is 10.3. The lowest BCUT2D eigenvalue weighted by Gasteiger charge is -2.21. The Kier molecular flexibility index (Phi) is 4.05. The monoisotopic (exact) mass is 250 g/mol. The summed E-state index contributed by atoms with van der Waals surface area (Å²) in [7, 11) is 0. The number of benzene rings is 1. The topological polar surface area (TPSA) is 35.5 Å². The molecule has 100 valence electrons. The summed E-state index contributed by atoms with van der Waals surface area (Å²) in [6, 6.07) is 7.51. The van der Waals surface area contributed by atoms with E-state index >= 15 is 0 Å². The van der Waals surface area contributed by atoms with Gasteiger partial charge in [0.1, 0.15) is 11.4 Å². The number of rotatable bonds is 1. The highest BCUT2D eigenvalue weighted by Crippen LogP contribution is 2.26. The molecular formula is C15H22O3. The number of hydrogen-bond donors (Lipinski definition) is 0. The second kappa shape index (κ2) is 5.01. The van der Waals surface area contributed by atoms with Crippen molar-refractivity contribution in [2.75, 3.05) is 0 Å². The van der Waals surface area contributed by atoms with Crippen molar-refractivity contribution in [1.82, 2.24) is 0 Å². The normalized spacial score (nSPS) is 12.1. The maximum absolute atomic E-state index is 11.5. The largest absolute Gasteiger partial charge is 0.514 e. The minimum absolute atomic E-state index is 0.0211. The van der Waals surface area contributed by atoms with Gasteiger partial charge in [0.15, 0.2) is 0 Å². The molecule has 0 spiro atoms. The van der Waals surface area contributed by atoms with E-state index in [0.29, 0.717) is 5.75 Å². The van der Waals surface area contributed by atoms with Gasteiger partial charge in [0.25, 0.3) is 0 Å². The molecule has 0 bridgehead atoms. The molecule has 0 fully saturated rings. The minimum atomic E-state index is -0.673. The Labute approximate surface area is 109 Å². The Bertz CT molecular complexity index is 422. The summed E-state index contributed by atoms with van der Waals surface area (Å²) >= 11 is 0. The molecule has 0 radical (unpaired) electrons. The molecule has 0 atom stereocenters. The van der Waals surface area contributed by atoms with E-state index in [1.54, 1.807) is 26.8 Å². The van der Waals surface area contributed by atoms with Gasteiger partial charge < -0.3 is 9.47 Å². The third-order valence-corrected chi connectivity index (χ3v) is 2.29. The molecule has 1 rings (SSSR count). The van der Waals surface area contributed by atoms with E-state index in [2.05, 4.69) is 20.8 Å². The first-order chi connectivity index (χ1) is 8.08. The molecule has 3 heteroatoms. The molecule has 1 aromatic carbocycles. The Morgan fingerprint density at radius 3 is 2.17 bits per heavy atom.